The maximum absolute atomic E-state index is 15.1. The van der Waals surface area contributed by atoms with Gasteiger partial charge in [-0.25, -0.2) is 8.78 Å². The van der Waals surface area contributed by atoms with Crippen molar-refractivity contribution in [3.05, 3.63) is 93.6 Å². The molecule has 1 unspecified atom stereocenters. The minimum atomic E-state index is -1.09. The second kappa shape index (κ2) is 10.6. The van der Waals surface area contributed by atoms with E-state index in [2.05, 4.69) is 10.2 Å². The molecule has 1 fully saturated rings. The van der Waals surface area contributed by atoms with Crippen LogP contribution < -0.4 is 16.0 Å². The lowest BCUT2D eigenvalue weighted by Crippen LogP contribution is -2.28. The number of rotatable bonds is 5. The van der Waals surface area contributed by atoms with Crippen LogP contribution in [0.25, 0.3) is 22.0 Å². The fourth-order valence-electron chi connectivity index (χ4n) is 4.90. The molecule has 4 aromatic rings. The van der Waals surface area contributed by atoms with E-state index in [1.54, 1.807) is 24.3 Å². The average molecular weight is 541 g/mol. The lowest BCUT2D eigenvalue weighted by atomic mass is 9.91. The van der Waals surface area contributed by atoms with Crippen LogP contribution in [0.1, 0.15) is 23.6 Å². The van der Waals surface area contributed by atoms with Gasteiger partial charge in [-0.3, -0.25) is 9.78 Å². The van der Waals surface area contributed by atoms with Crippen molar-refractivity contribution in [2.24, 2.45) is 5.73 Å². The SMILES string of the molecule is NC(=O)C(c1cc2c(N3CCCNCC3)cccc2c(-c2ccc(F)cc2F)n1)c1c(Cl)cccc1Cl. The van der Waals surface area contributed by atoms with Crippen molar-refractivity contribution in [3.63, 3.8) is 0 Å². The van der Waals surface area contributed by atoms with Crippen molar-refractivity contribution >= 4 is 45.6 Å². The third-order valence-electron chi connectivity index (χ3n) is 6.61. The number of halogens is 4. The number of nitrogens with one attached hydrogen (secondary N) is 1. The van der Waals surface area contributed by atoms with Gasteiger partial charge in [0.05, 0.1) is 11.4 Å². The van der Waals surface area contributed by atoms with E-state index >= 15 is 4.39 Å². The average Bonchev–Trinajstić information content (AvgIpc) is 3.15. The number of carbonyl (C=O) groups is 1. The third-order valence-corrected chi connectivity index (χ3v) is 7.27. The molecular formula is C28H24Cl2F2N4O. The summed E-state index contributed by atoms with van der Waals surface area (Å²) in [4.78, 5) is 19.8. The number of benzene rings is 3. The Hall–Kier alpha value is -3.26. The van der Waals surface area contributed by atoms with Crippen LogP contribution in [0, 0.1) is 11.6 Å². The first-order valence-corrected chi connectivity index (χ1v) is 12.7. The van der Waals surface area contributed by atoms with E-state index in [0.717, 1.165) is 49.7 Å². The van der Waals surface area contributed by atoms with Crippen molar-refractivity contribution in [3.8, 4) is 11.3 Å². The summed E-state index contributed by atoms with van der Waals surface area (Å²) in [6.07, 6.45) is 0.951. The van der Waals surface area contributed by atoms with Gasteiger partial charge in [0.25, 0.3) is 0 Å². The topological polar surface area (TPSA) is 71.2 Å². The Balaban J connectivity index is 1.82. The van der Waals surface area contributed by atoms with E-state index in [4.69, 9.17) is 33.9 Å². The number of aromatic nitrogens is 1. The van der Waals surface area contributed by atoms with Crippen LogP contribution in [-0.2, 0) is 4.79 Å². The van der Waals surface area contributed by atoms with Crippen LogP contribution in [0.4, 0.5) is 14.5 Å². The fraction of sp³-hybridized carbons (Fsp3) is 0.214. The molecule has 3 aromatic carbocycles. The second-order valence-electron chi connectivity index (χ2n) is 8.95. The standard InChI is InChI=1S/C28H24Cl2F2N4O/c29-20-5-2-6-21(30)25(20)26(28(33)37)23-15-19-17(27(35-23)18-9-8-16(31)14-22(18)32)4-1-7-24(19)36-12-3-10-34-11-13-36/h1-2,4-9,14-15,26,34H,3,10-13H2,(H2,33,37). The van der Waals surface area contributed by atoms with Gasteiger partial charge in [0, 0.05) is 63.3 Å². The quantitative estimate of drug-likeness (QED) is 0.330. The monoisotopic (exact) mass is 540 g/mol. The van der Waals surface area contributed by atoms with Crippen molar-refractivity contribution in [2.75, 3.05) is 31.1 Å². The number of fused-ring (bicyclic) bond motifs is 1. The molecule has 1 aliphatic heterocycles. The van der Waals surface area contributed by atoms with E-state index in [1.165, 1.54) is 12.1 Å². The van der Waals surface area contributed by atoms with Crippen LogP contribution in [0.3, 0.4) is 0 Å². The molecule has 37 heavy (non-hydrogen) atoms. The molecule has 190 valence electrons. The van der Waals surface area contributed by atoms with E-state index in [0.29, 0.717) is 10.9 Å². The minimum Gasteiger partial charge on any atom is -0.370 e. The minimum absolute atomic E-state index is 0.108. The van der Waals surface area contributed by atoms with Gasteiger partial charge in [0.2, 0.25) is 5.91 Å². The molecule has 0 spiro atoms. The predicted molar refractivity (Wildman–Crippen MR) is 144 cm³/mol. The molecule has 5 nitrogen and oxygen atoms in total. The van der Waals surface area contributed by atoms with Crippen molar-refractivity contribution in [1.29, 1.82) is 0 Å². The summed E-state index contributed by atoms with van der Waals surface area (Å²) < 4.78 is 28.9. The summed E-state index contributed by atoms with van der Waals surface area (Å²) in [6, 6.07) is 15.8. The Morgan fingerprint density at radius 1 is 0.973 bits per heavy atom. The fourth-order valence-corrected chi connectivity index (χ4v) is 5.52. The van der Waals surface area contributed by atoms with Gasteiger partial charge in [-0.2, -0.15) is 0 Å². The first-order chi connectivity index (χ1) is 17.8. The van der Waals surface area contributed by atoms with Gasteiger partial charge in [-0.1, -0.05) is 41.4 Å². The second-order valence-corrected chi connectivity index (χ2v) is 9.77. The number of nitrogens with zero attached hydrogens (tertiary/aromatic N) is 2. The van der Waals surface area contributed by atoms with E-state index in [1.807, 2.05) is 18.2 Å². The summed E-state index contributed by atoms with van der Waals surface area (Å²) in [5.74, 6) is -3.25. The molecule has 1 aromatic heterocycles. The van der Waals surface area contributed by atoms with Gasteiger partial charge in [-0.05, 0) is 49.4 Å². The summed E-state index contributed by atoms with van der Waals surface area (Å²) >= 11 is 12.9. The maximum atomic E-state index is 15.1. The molecule has 3 N–H and O–H groups in total. The normalized spacial score (nSPS) is 15.0. The molecule has 1 saturated heterocycles. The summed E-state index contributed by atoms with van der Waals surface area (Å²) in [7, 11) is 0. The zero-order valence-corrected chi connectivity index (χ0v) is 21.3. The summed E-state index contributed by atoms with van der Waals surface area (Å²) in [5, 5.41) is 5.35. The molecule has 1 amide bonds. The molecule has 0 bridgehead atoms. The molecule has 0 aliphatic carbocycles. The third kappa shape index (κ3) is 4.99. The number of hydrogen-bond donors (Lipinski definition) is 2. The van der Waals surface area contributed by atoms with Gasteiger partial charge in [-0.15, -0.1) is 0 Å². The first kappa shape index (κ1) is 25.4. The highest BCUT2D eigenvalue weighted by Gasteiger charge is 2.29. The molecule has 5 rings (SSSR count). The Bertz CT molecular complexity index is 1470. The molecule has 9 heteroatoms. The lowest BCUT2D eigenvalue weighted by Gasteiger charge is -2.26. The van der Waals surface area contributed by atoms with Crippen molar-refractivity contribution < 1.29 is 13.6 Å². The number of nitrogens with two attached hydrogens (primary N) is 1. The summed E-state index contributed by atoms with van der Waals surface area (Å²) in [5.41, 5.74) is 7.78. The Morgan fingerprint density at radius 3 is 2.46 bits per heavy atom. The molecule has 1 atom stereocenters. The molecule has 2 heterocycles. The highest BCUT2D eigenvalue weighted by Crippen LogP contribution is 2.40. The number of hydrogen-bond acceptors (Lipinski definition) is 4. The van der Waals surface area contributed by atoms with Crippen LogP contribution in [0.2, 0.25) is 10.0 Å². The van der Waals surface area contributed by atoms with Gasteiger partial charge in [0.15, 0.2) is 0 Å². The van der Waals surface area contributed by atoms with Crippen LogP contribution in [-0.4, -0.2) is 37.1 Å². The zero-order valence-electron chi connectivity index (χ0n) is 19.8. The van der Waals surface area contributed by atoms with Gasteiger partial charge >= 0.3 is 0 Å². The number of amides is 1. The Morgan fingerprint density at radius 2 is 1.73 bits per heavy atom. The van der Waals surface area contributed by atoms with Crippen LogP contribution >= 0.6 is 23.2 Å². The first-order valence-electron chi connectivity index (χ1n) is 11.9. The lowest BCUT2D eigenvalue weighted by molar-refractivity contribution is -0.118. The summed E-state index contributed by atoms with van der Waals surface area (Å²) in [6.45, 7) is 3.31. The Kier molecular flexibility index (Phi) is 7.29. The molecule has 0 saturated carbocycles. The molecular weight excluding hydrogens is 517 g/mol. The smallest absolute Gasteiger partial charge is 0.231 e. The molecule has 0 radical (unpaired) electrons. The van der Waals surface area contributed by atoms with Gasteiger partial charge < -0.3 is 16.0 Å². The van der Waals surface area contributed by atoms with Crippen LogP contribution in [0.15, 0.2) is 60.7 Å². The number of anilines is 1. The number of primary amides is 1. The van der Waals surface area contributed by atoms with Gasteiger partial charge in [0.1, 0.15) is 17.6 Å². The molecule has 1 aliphatic rings. The maximum Gasteiger partial charge on any atom is 0.231 e. The van der Waals surface area contributed by atoms with Crippen molar-refractivity contribution in [2.45, 2.75) is 12.3 Å². The Labute approximate surface area is 223 Å². The van der Waals surface area contributed by atoms with Crippen LogP contribution in [0.5, 0.6) is 0 Å². The largest absolute Gasteiger partial charge is 0.370 e. The van der Waals surface area contributed by atoms with E-state index in [-0.39, 0.29) is 27.0 Å². The number of pyridine rings is 1. The highest BCUT2D eigenvalue weighted by atomic mass is 35.5. The number of carbonyl (C=O) groups excluding carboxylic acids is 1. The van der Waals surface area contributed by atoms with Crippen molar-refractivity contribution in [1.82, 2.24) is 10.3 Å². The van der Waals surface area contributed by atoms with E-state index in [9.17, 15) is 9.18 Å². The predicted octanol–water partition coefficient (Wildman–Crippen LogP) is 5.90. The van der Waals surface area contributed by atoms with E-state index < -0.39 is 23.5 Å². The zero-order chi connectivity index (χ0) is 26.1. The highest BCUT2D eigenvalue weighted by molar-refractivity contribution is 6.36.